The Morgan fingerprint density at radius 3 is 1.26 bits per heavy atom. The summed E-state index contributed by atoms with van der Waals surface area (Å²) in [5, 5.41) is 8.50. The fourth-order valence-electron chi connectivity index (χ4n) is 2.32. The molecule has 0 aromatic rings. The van der Waals surface area contributed by atoms with E-state index in [1.807, 2.05) is 0 Å². The van der Waals surface area contributed by atoms with E-state index in [0.29, 0.717) is 6.42 Å². The highest BCUT2D eigenvalue weighted by atomic mass is 123. The van der Waals surface area contributed by atoms with E-state index < -0.39 is 5.97 Å². The van der Waals surface area contributed by atoms with Crippen LogP contribution in [-0.4, -0.2) is 15.5 Å². The van der Waals surface area contributed by atoms with Crippen LogP contribution < -0.4 is 0 Å². The van der Waals surface area contributed by atoms with E-state index in [2.05, 4.69) is 22.6 Å². The van der Waals surface area contributed by atoms with Crippen molar-refractivity contribution in [1.82, 2.24) is 0 Å². The molecule has 0 aliphatic heterocycles. The molecule has 0 amide bonds. The Kier molecular flexibility index (Phi) is 16.4. The van der Waals surface area contributed by atoms with E-state index >= 15 is 0 Å². The van der Waals surface area contributed by atoms with Crippen LogP contribution in [-0.2, 0) is 4.79 Å². The largest absolute Gasteiger partial charge is 0.481 e. The average molecular weight is 378 g/mol. The van der Waals surface area contributed by atoms with E-state index in [0.717, 1.165) is 12.8 Å². The molecule has 0 saturated heterocycles. The molecular weight excluding hydrogens is 347 g/mol. The molecule has 0 unspecified atom stereocenters. The molecule has 0 aromatic heterocycles. The number of alkyl halides is 1. The van der Waals surface area contributed by atoms with Crippen molar-refractivity contribution >= 4 is 28.6 Å². The SMILES string of the molecule is O=C(O)CCCCCCCCCCCCCCC[123I]. The van der Waals surface area contributed by atoms with Crippen molar-refractivity contribution in [3.05, 3.63) is 0 Å². The Hall–Kier alpha value is 0.200. The first-order valence-electron chi connectivity index (χ1n) is 8.05. The lowest BCUT2D eigenvalue weighted by molar-refractivity contribution is -0.137. The number of halogens is 1. The lowest BCUT2D eigenvalue weighted by Gasteiger charge is -2.02. The molecule has 0 aliphatic rings. The zero-order valence-electron chi connectivity index (χ0n) is 12.3. The number of hydrogen-bond acceptors (Lipinski definition) is 1. The third-order valence-corrected chi connectivity index (χ3v) is 4.29. The molecule has 0 radical (unpaired) electrons. The average Bonchev–Trinajstić information content (AvgIpc) is 2.39. The molecule has 19 heavy (non-hydrogen) atoms. The van der Waals surface area contributed by atoms with E-state index in [1.54, 1.807) is 0 Å². The topological polar surface area (TPSA) is 37.3 Å². The third-order valence-electron chi connectivity index (χ3n) is 3.52. The van der Waals surface area contributed by atoms with Crippen molar-refractivity contribution in [1.29, 1.82) is 0 Å². The van der Waals surface area contributed by atoms with Crippen molar-refractivity contribution in [2.75, 3.05) is 4.43 Å². The van der Waals surface area contributed by atoms with E-state index in [4.69, 9.17) is 5.11 Å². The molecule has 1 N–H and O–H groups in total. The summed E-state index contributed by atoms with van der Waals surface area (Å²) in [6.45, 7) is 0. The van der Waals surface area contributed by atoms with Crippen LogP contribution in [0.4, 0.5) is 0 Å². The second-order valence-electron chi connectivity index (χ2n) is 5.43. The molecule has 0 aromatic carbocycles. The minimum atomic E-state index is -0.654. The number of carbonyl (C=O) groups is 1. The zero-order chi connectivity index (χ0) is 14.2. The Balaban J connectivity index is 2.93. The summed E-state index contributed by atoms with van der Waals surface area (Å²) in [5.41, 5.74) is 0. The number of unbranched alkanes of at least 4 members (excludes halogenated alkanes) is 12. The fraction of sp³-hybridized carbons (Fsp3) is 0.938. The van der Waals surface area contributed by atoms with Crippen molar-refractivity contribution in [3.63, 3.8) is 0 Å². The summed E-state index contributed by atoms with van der Waals surface area (Å²) in [6, 6.07) is 0. The highest BCUT2D eigenvalue weighted by Gasteiger charge is 1.96. The van der Waals surface area contributed by atoms with Gasteiger partial charge in [-0.15, -0.1) is 0 Å². The standard InChI is InChI=1S/C16H31IO2/c17-15-13-11-9-7-5-3-1-2-4-6-8-10-12-14-16(18)19/h1-15H2,(H,18,19)/i17-4. The van der Waals surface area contributed by atoms with Crippen LogP contribution >= 0.6 is 22.6 Å². The van der Waals surface area contributed by atoms with Gasteiger partial charge in [0.2, 0.25) is 0 Å². The Morgan fingerprint density at radius 2 is 0.947 bits per heavy atom. The highest BCUT2D eigenvalue weighted by Crippen LogP contribution is 2.13. The molecule has 0 atom stereocenters. The molecule has 0 rings (SSSR count). The van der Waals surface area contributed by atoms with Gasteiger partial charge < -0.3 is 5.11 Å². The van der Waals surface area contributed by atoms with Crippen LogP contribution in [0.5, 0.6) is 0 Å². The number of carboxylic acid groups (broad SMARTS) is 1. The summed E-state index contributed by atoms with van der Waals surface area (Å²) >= 11 is 2.46. The van der Waals surface area contributed by atoms with Crippen molar-refractivity contribution in [3.8, 4) is 0 Å². The molecule has 0 fully saturated rings. The lowest BCUT2D eigenvalue weighted by Crippen LogP contribution is -1.93. The van der Waals surface area contributed by atoms with Gasteiger partial charge in [0.05, 0.1) is 0 Å². The normalized spacial score (nSPS) is 10.8. The minimum absolute atomic E-state index is 0.345. The van der Waals surface area contributed by atoms with E-state index in [9.17, 15) is 4.79 Å². The summed E-state index contributed by atoms with van der Waals surface area (Å²) in [4.78, 5) is 10.3. The quantitative estimate of drug-likeness (QED) is 0.217. The predicted molar refractivity (Wildman–Crippen MR) is 91.2 cm³/mol. The van der Waals surface area contributed by atoms with E-state index in [-0.39, 0.29) is 0 Å². The Bertz CT molecular complexity index is 195. The van der Waals surface area contributed by atoms with Gasteiger partial charge in [-0.1, -0.05) is 93.2 Å². The van der Waals surface area contributed by atoms with Gasteiger partial charge in [0, 0.05) is 6.42 Å². The minimum Gasteiger partial charge on any atom is -0.481 e. The number of carboxylic acids is 1. The molecule has 114 valence electrons. The van der Waals surface area contributed by atoms with Gasteiger partial charge in [-0.25, -0.2) is 0 Å². The smallest absolute Gasteiger partial charge is 0.303 e. The summed E-state index contributed by atoms with van der Waals surface area (Å²) in [5.74, 6) is -0.654. The van der Waals surface area contributed by atoms with Gasteiger partial charge in [0.15, 0.2) is 0 Å². The first-order valence-corrected chi connectivity index (χ1v) is 9.57. The predicted octanol–water partition coefficient (Wildman–Crippen LogP) is 5.97. The molecule has 2 nitrogen and oxygen atoms in total. The van der Waals surface area contributed by atoms with Crippen molar-refractivity contribution in [2.24, 2.45) is 0 Å². The summed E-state index contributed by atoms with van der Waals surface area (Å²) < 4.78 is 1.31. The summed E-state index contributed by atoms with van der Waals surface area (Å²) in [6.07, 6.45) is 17.4. The second-order valence-corrected chi connectivity index (χ2v) is 6.51. The Labute approximate surface area is 132 Å². The molecule has 0 spiro atoms. The van der Waals surface area contributed by atoms with E-state index in [1.165, 1.54) is 75.1 Å². The first kappa shape index (κ1) is 19.2. The lowest BCUT2D eigenvalue weighted by atomic mass is 10.0. The van der Waals surface area contributed by atoms with Crippen LogP contribution in [0.15, 0.2) is 0 Å². The maximum Gasteiger partial charge on any atom is 0.303 e. The van der Waals surface area contributed by atoms with Gasteiger partial charge >= 0.3 is 5.97 Å². The maximum atomic E-state index is 10.3. The second kappa shape index (κ2) is 16.3. The molecular formula is C16H31IO2. The van der Waals surface area contributed by atoms with Gasteiger partial charge in [-0.05, 0) is 17.3 Å². The van der Waals surface area contributed by atoms with Crippen LogP contribution in [0.3, 0.4) is 0 Å². The van der Waals surface area contributed by atoms with Gasteiger partial charge in [-0.3, -0.25) is 4.79 Å². The highest BCUT2D eigenvalue weighted by molar-refractivity contribution is 14.1. The molecule has 0 heterocycles. The summed E-state index contributed by atoms with van der Waals surface area (Å²) in [7, 11) is 0. The zero-order valence-corrected chi connectivity index (χ0v) is 14.5. The van der Waals surface area contributed by atoms with Crippen LogP contribution in [0.1, 0.15) is 89.9 Å². The van der Waals surface area contributed by atoms with Crippen LogP contribution in [0, 0.1) is 0 Å². The fourth-order valence-corrected chi connectivity index (χ4v) is 2.85. The van der Waals surface area contributed by atoms with Crippen LogP contribution in [0.25, 0.3) is 0 Å². The third kappa shape index (κ3) is 18.2. The number of hydrogen-bond donors (Lipinski definition) is 1. The molecule has 0 saturated carbocycles. The van der Waals surface area contributed by atoms with Crippen LogP contribution in [0.2, 0.25) is 0 Å². The van der Waals surface area contributed by atoms with Gasteiger partial charge in [-0.2, -0.15) is 0 Å². The molecule has 0 bridgehead atoms. The molecule has 3 heteroatoms. The van der Waals surface area contributed by atoms with Gasteiger partial charge in [0.25, 0.3) is 0 Å². The van der Waals surface area contributed by atoms with Crippen molar-refractivity contribution in [2.45, 2.75) is 89.9 Å². The Morgan fingerprint density at radius 1 is 0.632 bits per heavy atom. The van der Waals surface area contributed by atoms with Crippen molar-refractivity contribution < 1.29 is 9.90 Å². The molecule has 0 aliphatic carbocycles. The first-order chi connectivity index (χ1) is 9.27. The monoisotopic (exact) mass is 378 g/mol. The number of rotatable bonds is 15. The maximum absolute atomic E-state index is 10.3. The van der Waals surface area contributed by atoms with Gasteiger partial charge in [0.1, 0.15) is 0 Å². The number of aliphatic carboxylic acids is 1.